The molecule has 2 aliphatic rings. The summed E-state index contributed by atoms with van der Waals surface area (Å²) in [6.07, 6.45) is 6.17. The summed E-state index contributed by atoms with van der Waals surface area (Å²) in [5, 5.41) is 9.77. The Labute approximate surface area is 99.0 Å². The zero-order valence-electron chi connectivity index (χ0n) is 10.4. The lowest BCUT2D eigenvalue weighted by atomic mass is 9.82. The topological polar surface area (TPSA) is 49.5 Å². The lowest BCUT2D eigenvalue weighted by Crippen LogP contribution is -2.51. The molecule has 3 nitrogen and oxygen atoms in total. The molecule has 1 saturated heterocycles. The molecule has 94 valence electrons. The molecular weight excluding hydrogens is 200 g/mol. The van der Waals surface area contributed by atoms with Gasteiger partial charge in [-0.2, -0.15) is 0 Å². The van der Waals surface area contributed by atoms with Crippen molar-refractivity contribution in [1.82, 2.24) is 4.90 Å². The predicted molar refractivity (Wildman–Crippen MR) is 66.2 cm³/mol. The maximum Gasteiger partial charge on any atom is 0.0590 e. The molecule has 4 unspecified atom stereocenters. The van der Waals surface area contributed by atoms with Gasteiger partial charge in [0, 0.05) is 19.1 Å². The zero-order chi connectivity index (χ0) is 11.5. The van der Waals surface area contributed by atoms with Crippen LogP contribution >= 0.6 is 0 Å². The van der Waals surface area contributed by atoms with Crippen LogP contribution in [0, 0.1) is 11.8 Å². The smallest absolute Gasteiger partial charge is 0.0590 e. The molecule has 0 aromatic carbocycles. The second-order valence-corrected chi connectivity index (χ2v) is 5.68. The van der Waals surface area contributed by atoms with Gasteiger partial charge in [-0.05, 0) is 37.6 Å². The van der Waals surface area contributed by atoms with E-state index in [1.807, 2.05) is 0 Å². The first kappa shape index (κ1) is 12.3. The molecule has 0 aromatic rings. The second kappa shape index (κ2) is 5.48. The van der Waals surface area contributed by atoms with Crippen molar-refractivity contribution < 1.29 is 5.11 Å². The van der Waals surface area contributed by atoms with E-state index in [-0.39, 0.29) is 6.10 Å². The summed E-state index contributed by atoms with van der Waals surface area (Å²) in [7, 11) is 0. The minimum atomic E-state index is -0.0869. The molecule has 16 heavy (non-hydrogen) atoms. The van der Waals surface area contributed by atoms with Crippen LogP contribution in [-0.4, -0.2) is 41.8 Å². The molecule has 3 heteroatoms. The van der Waals surface area contributed by atoms with Crippen LogP contribution < -0.4 is 5.73 Å². The Kier molecular flexibility index (Phi) is 4.22. The highest BCUT2D eigenvalue weighted by Gasteiger charge is 2.33. The number of nitrogens with zero attached hydrogens (tertiary/aromatic N) is 1. The van der Waals surface area contributed by atoms with Crippen LogP contribution in [0.15, 0.2) is 0 Å². The van der Waals surface area contributed by atoms with Gasteiger partial charge in [0.05, 0.1) is 6.10 Å². The van der Waals surface area contributed by atoms with E-state index in [1.165, 1.54) is 25.7 Å². The third-order valence-electron chi connectivity index (χ3n) is 4.53. The van der Waals surface area contributed by atoms with Gasteiger partial charge < -0.3 is 10.8 Å². The first-order valence-electron chi connectivity index (χ1n) is 6.84. The fraction of sp³-hybridized carbons (Fsp3) is 1.00. The third-order valence-corrected chi connectivity index (χ3v) is 4.53. The molecule has 2 fully saturated rings. The lowest BCUT2D eigenvalue weighted by Gasteiger charge is -2.44. The van der Waals surface area contributed by atoms with E-state index < -0.39 is 0 Å². The first-order valence-corrected chi connectivity index (χ1v) is 6.84. The summed E-state index contributed by atoms with van der Waals surface area (Å²) in [5.74, 6) is 1.12. The molecule has 1 heterocycles. The van der Waals surface area contributed by atoms with Gasteiger partial charge in [-0.1, -0.05) is 19.8 Å². The standard InChI is InChI=1S/C13H26N2O/c1-10-9-15(7-6-13(10)16)12-5-3-2-4-11(12)8-14/h10-13,16H,2-9,14H2,1H3. The molecule has 3 N–H and O–H groups in total. The molecule has 0 amide bonds. The van der Waals surface area contributed by atoms with Gasteiger partial charge in [-0.3, -0.25) is 4.90 Å². The largest absolute Gasteiger partial charge is 0.393 e. The fourth-order valence-electron chi connectivity index (χ4n) is 3.41. The van der Waals surface area contributed by atoms with Crippen LogP contribution in [0.3, 0.4) is 0 Å². The van der Waals surface area contributed by atoms with Gasteiger partial charge in [-0.15, -0.1) is 0 Å². The number of rotatable bonds is 2. The van der Waals surface area contributed by atoms with Gasteiger partial charge >= 0.3 is 0 Å². The summed E-state index contributed by atoms with van der Waals surface area (Å²) in [6.45, 7) is 5.12. The van der Waals surface area contributed by atoms with Crippen molar-refractivity contribution in [3.05, 3.63) is 0 Å². The highest BCUT2D eigenvalue weighted by atomic mass is 16.3. The van der Waals surface area contributed by atoms with E-state index in [2.05, 4.69) is 11.8 Å². The number of piperidine rings is 1. The Balaban J connectivity index is 1.95. The van der Waals surface area contributed by atoms with E-state index >= 15 is 0 Å². The van der Waals surface area contributed by atoms with E-state index in [9.17, 15) is 5.11 Å². The predicted octanol–water partition coefficient (Wildman–Crippen LogP) is 1.21. The molecule has 4 atom stereocenters. The van der Waals surface area contributed by atoms with Gasteiger partial charge in [0.1, 0.15) is 0 Å². The Hall–Kier alpha value is -0.120. The van der Waals surface area contributed by atoms with Gasteiger partial charge in [-0.25, -0.2) is 0 Å². The molecule has 0 radical (unpaired) electrons. The number of likely N-dealkylation sites (tertiary alicyclic amines) is 1. The number of aliphatic hydroxyl groups excluding tert-OH is 1. The van der Waals surface area contributed by atoms with Crippen molar-refractivity contribution in [3.8, 4) is 0 Å². The van der Waals surface area contributed by atoms with Crippen molar-refractivity contribution >= 4 is 0 Å². The van der Waals surface area contributed by atoms with Crippen LogP contribution in [0.2, 0.25) is 0 Å². The Bertz CT molecular complexity index is 222. The number of nitrogens with two attached hydrogens (primary N) is 1. The molecule has 0 bridgehead atoms. The van der Waals surface area contributed by atoms with Crippen LogP contribution in [0.25, 0.3) is 0 Å². The summed E-state index contributed by atoms with van der Waals surface area (Å²) < 4.78 is 0. The maximum atomic E-state index is 9.77. The monoisotopic (exact) mass is 226 g/mol. The van der Waals surface area contributed by atoms with Gasteiger partial charge in [0.15, 0.2) is 0 Å². The van der Waals surface area contributed by atoms with Crippen molar-refractivity contribution in [2.45, 2.75) is 51.2 Å². The Morgan fingerprint density at radius 2 is 2.00 bits per heavy atom. The number of hydrogen-bond acceptors (Lipinski definition) is 3. The lowest BCUT2D eigenvalue weighted by molar-refractivity contribution is -0.00349. The summed E-state index contributed by atoms with van der Waals surface area (Å²) in [5.41, 5.74) is 5.89. The second-order valence-electron chi connectivity index (χ2n) is 5.68. The van der Waals surface area contributed by atoms with E-state index in [0.717, 1.165) is 26.1 Å². The summed E-state index contributed by atoms with van der Waals surface area (Å²) >= 11 is 0. The molecule has 1 aliphatic carbocycles. The molecule has 0 spiro atoms. The van der Waals surface area contributed by atoms with Crippen molar-refractivity contribution in [3.63, 3.8) is 0 Å². The number of hydrogen-bond donors (Lipinski definition) is 2. The van der Waals surface area contributed by atoms with Crippen LogP contribution in [0.5, 0.6) is 0 Å². The SMILES string of the molecule is CC1CN(C2CCCCC2CN)CCC1O. The fourth-order valence-corrected chi connectivity index (χ4v) is 3.41. The van der Waals surface area contributed by atoms with E-state index in [1.54, 1.807) is 0 Å². The van der Waals surface area contributed by atoms with Crippen LogP contribution in [-0.2, 0) is 0 Å². The van der Waals surface area contributed by atoms with Gasteiger partial charge in [0.2, 0.25) is 0 Å². The third kappa shape index (κ3) is 2.58. The minimum Gasteiger partial charge on any atom is -0.393 e. The zero-order valence-corrected chi connectivity index (χ0v) is 10.4. The first-order chi connectivity index (χ1) is 7.72. The van der Waals surface area contributed by atoms with Gasteiger partial charge in [0.25, 0.3) is 0 Å². The molecule has 1 saturated carbocycles. The summed E-state index contributed by atoms with van der Waals surface area (Å²) in [4.78, 5) is 2.59. The quantitative estimate of drug-likeness (QED) is 0.744. The number of aliphatic hydroxyl groups is 1. The van der Waals surface area contributed by atoms with Crippen molar-refractivity contribution in [2.24, 2.45) is 17.6 Å². The maximum absolute atomic E-state index is 9.77. The molecule has 1 aliphatic heterocycles. The minimum absolute atomic E-state index is 0.0869. The van der Waals surface area contributed by atoms with E-state index in [0.29, 0.717) is 17.9 Å². The summed E-state index contributed by atoms with van der Waals surface area (Å²) in [6, 6.07) is 0.689. The molecule has 0 aromatic heterocycles. The molecular formula is C13H26N2O. The van der Waals surface area contributed by atoms with Crippen molar-refractivity contribution in [2.75, 3.05) is 19.6 Å². The van der Waals surface area contributed by atoms with E-state index in [4.69, 9.17) is 5.73 Å². The highest BCUT2D eigenvalue weighted by molar-refractivity contribution is 4.88. The Morgan fingerprint density at radius 1 is 1.25 bits per heavy atom. The Morgan fingerprint density at radius 3 is 2.69 bits per heavy atom. The average Bonchev–Trinajstić information content (AvgIpc) is 2.32. The van der Waals surface area contributed by atoms with Crippen LogP contribution in [0.1, 0.15) is 39.0 Å². The molecule has 2 rings (SSSR count). The highest BCUT2D eigenvalue weighted by Crippen LogP contribution is 2.30. The van der Waals surface area contributed by atoms with Crippen LogP contribution in [0.4, 0.5) is 0 Å². The normalized spacial score (nSPS) is 42.2. The van der Waals surface area contributed by atoms with Crippen molar-refractivity contribution in [1.29, 1.82) is 0 Å². The average molecular weight is 226 g/mol.